The second-order valence-electron chi connectivity index (χ2n) is 5.35. The summed E-state index contributed by atoms with van der Waals surface area (Å²) in [5.74, 6) is 0.690. The van der Waals surface area contributed by atoms with Crippen LogP contribution in [0.1, 0.15) is 22.8 Å². The van der Waals surface area contributed by atoms with Crippen LogP contribution in [0.2, 0.25) is 5.02 Å². The van der Waals surface area contributed by atoms with Crippen LogP contribution in [0.3, 0.4) is 0 Å². The molecule has 138 valence electrons. The van der Waals surface area contributed by atoms with Crippen molar-refractivity contribution >= 4 is 23.5 Å². The first kappa shape index (κ1) is 19.8. The number of ether oxygens (including phenoxy) is 3. The maximum Gasteiger partial charge on any atom is 0.185 e. The fourth-order valence-electron chi connectivity index (χ4n) is 2.18. The lowest BCUT2D eigenvalue weighted by atomic mass is 10.1. The largest absolute Gasteiger partial charge is 0.503 e. The molecule has 0 spiro atoms. The third-order valence-electron chi connectivity index (χ3n) is 3.47. The van der Waals surface area contributed by atoms with E-state index in [0.29, 0.717) is 36.7 Å². The normalized spacial score (nSPS) is 10.9. The van der Waals surface area contributed by atoms with Crippen molar-refractivity contribution in [2.45, 2.75) is 6.92 Å². The van der Waals surface area contributed by atoms with E-state index in [1.165, 1.54) is 6.08 Å². The summed E-state index contributed by atoms with van der Waals surface area (Å²) in [6.45, 7) is 3.16. The van der Waals surface area contributed by atoms with Gasteiger partial charge in [-0.1, -0.05) is 17.7 Å². The molecule has 0 saturated carbocycles. The summed E-state index contributed by atoms with van der Waals surface area (Å²) in [5.41, 5.74) is 1.19. The molecule has 2 rings (SSSR count). The van der Waals surface area contributed by atoms with Gasteiger partial charge in [0.05, 0.1) is 18.2 Å². The highest BCUT2D eigenvalue weighted by Gasteiger charge is 2.09. The monoisotopic (exact) mass is 376 g/mol. The second-order valence-corrected chi connectivity index (χ2v) is 5.75. The highest BCUT2D eigenvalue weighted by atomic mass is 35.5. The zero-order valence-corrected chi connectivity index (χ0v) is 15.5. The summed E-state index contributed by atoms with van der Waals surface area (Å²) >= 11 is 5.98. The van der Waals surface area contributed by atoms with Crippen molar-refractivity contribution < 1.29 is 24.1 Å². The molecule has 0 radical (unpaired) electrons. The molecule has 0 fully saturated rings. The van der Waals surface area contributed by atoms with Gasteiger partial charge in [0.2, 0.25) is 0 Å². The molecule has 0 heterocycles. The molecule has 0 aromatic heterocycles. The predicted molar refractivity (Wildman–Crippen MR) is 101 cm³/mol. The lowest BCUT2D eigenvalue weighted by Crippen LogP contribution is -2.04. The average molecular weight is 377 g/mol. The molecule has 0 amide bonds. The van der Waals surface area contributed by atoms with Crippen molar-refractivity contribution in [3.8, 4) is 17.2 Å². The number of carbonyl (C=O) groups excluding carboxylic acids is 1. The fourth-order valence-corrected chi connectivity index (χ4v) is 2.40. The van der Waals surface area contributed by atoms with Crippen LogP contribution in [0.5, 0.6) is 17.2 Å². The van der Waals surface area contributed by atoms with E-state index in [4.69, 9.17) is 25.8 Å². The second kappa shape index (κ2) is 9.85. The third kappa shape index (κ3) is 5.51. The van der Waals surface area contributed by atoms with Crippen LogP contribution in [0.4, 0.5) is 0 Å². The van der Waals surface area contributed by atoms with Gasteiger partial charge in [-0.15, -0.1) is 0 Å². The Labute approximate surface area is 157 Å². The maximum atomic E-state index is 12.3. The number of methoxy groups -OCH3 is 1. The molecule has 5 nitrogen and oxygen atoms in total. The summed E-state index contributed by atoms with van der Waals surface area (Å²) in [4.78, 5) is 12.3. The molecule has 0 saturated heterocycles. The number of carbonyl (C=O) groups is 1. The third-order valence-corrected chi connectivity index (χ3v) is 3.76. The van der Waals surface area contributed by atoms with Crippen LogP contribution in [0.25, 0.3) is 6.08 Å². The molecular formula is C20H21ClO5. The molecule has 1 N–H and O–H groups in total. The van der Waals surface area contributed by atoms with E-state index >= 15 is 0 Å². The highest BCUT2D eigenvalue weighted by Crippen LogP contribution is 2.35. The molecule has 0 aliphatic rings. The van der Waals surface area contributed by atoms with Crippen molar-refractivity contribution in [2.75, 3.05) is 26.9 Å². The summed E-state index contributed by atoms with van der Waals surface area (Å²) in [7, 11) is 1.61. The van der Waals surface area contributed by atoms with Gasteiger partial charge in [0.25, 0.3) is 0 Å². The van der Waals surface area contributed by atoms with Gasteiger partial charge in [-0.25, -0.2) is 0 Å². The zero-order chi connectivity index (χ0) is 18.9. The van der Waals surface area contributed by atoms with Crippen LogP contribution in [0.15, 0.2) is 42.5 Å². The van der Waals surface area contributed by atoms with Gasteiger partial charge in [-0.05, 0) is 55.0 Å². The first-order chi connectivity index (χ1) is 12.5. The van der Waals surface area contributed by atoms with Crippen LogP contribution >= 0.6 is 11.6 Å². The lowest BCUT2D eigenvalue weighted by Gasteiger charge is -2.08. The standard InChI is InChI=1S/C20H21ClO5/c1-3-25-19-13-14(12-17(21)20(19)23)4-9-18(22)15-5-7-16(8-6-15)26-11-10-24-2/h4-9,12-13,23H,3,10-11H2,1-2H3/b9-4-. The number of rotatable bonds is 9. The molecule has 0 unspecified atom stereocenters. The Morgan fingerprint density at radius 2 is 1.88 bits per heavy atom. The number of hydrogen-bond donors (Lipinski definition) is 1. The smallest absolute Gasteiger partial charge is 0.185 e. The van der Waals surface area contributed by atoms with Gasteiger partial charge < -0.3 is 19.3 Å². The van der Waals surface area contributed by atoms with Gasteiger partial charge in [0.15, 0.2) is 17.3 Å². The van der Waals surface area contributed by atoms with E-state index < -0.39 is 0 Å². The molecule has 0 atom stereocenters. The first-order valence-corrected chi connectivity index (χ1v) is 8.52. The minimum absolute atomic E-state index is 0.110. The van der Waals surface area contributed by atoms with Gasteiger partial charge in [-0.2, -0.15) is 0 Å². The number of aromatic hydroxyl groups is 1. The van der Waals surface area contributed by atoms with Gasteiger partial charge in [0, 0.05) is 12.7 Å². The number of allylic oxidation sites excluding steroid dienone is 1. The number of ketones is 1. The van der Waals surface area contributed by atoms with Gasteiger partial charge >= 0.3 is 0 Å². The van der Waals surface area contributed by atoms with E-state index in [9.17, 15) is 9.90 Å². The summed E-state index contributed by atoms with van der Waals surface area (Å²) < 4.78 is 15.7. The fraction of sp³-hybridized carbons (Fsp3) is 0.250. The quantitative estimate of drug-likeness (QED) is 0.400. The van der Waals surface area contributed by atoms with Crippen LogP contribution in [-0.2, 0) is 4.74 Å². The lowest BCUT2D eigenvalue weighted by molar-refractivity contribution is 0.104. The molecule has 2 aromatic carbocycles. The molecule has 2 aromatic rings. The SMILES string of the molecule is CCOc1cc(/C=C\C(=O)c2ccc(OCCOC)cc2)cc(Cl)c1O. The molecule has 0 aliphatic carbocycles. The maximum absolute atomic E-state index is 12.3. The molecule has 0 bridgehead atoms. The van der Waals surface area contributed by atoms with E-state index in [1.54, 1.807) is 49.6 Å². The Bertz CT molecular complexity index is 769. The summed E-state index contributed by atoms with van der Waals surface area (Å²) in [6, 6.07) is 10.1. The van der Waals surface area contributed by atoms with Crippen molar-refractivity contribution in [2.24, 2.45) is 0 Å². The summed E-state index contributed by atoms with van der Waals surface area (Å²) in [6.07, 6.45) is 3.07. The Morgan fingerprint density at radius 1 is 1.15 bits per heavy atom. The predicted octanol–water partition coefficient (Wildman–Crippen LogP) is 4.37. The number of benzene rings is 2. The molecule has 0 aliphatic heterocycles. The van der Waals surface area contributed by atoms with E-state index in [2.05, 4.69) is 0 Å². The first-order valence-electron chi connectivity index (χ1n) is 8.14. The number of halogens is 1. The zero-order valence-electron chi connectivity index (χ0n) is 14.7. The van der Waals surface area contributed by atoms with Gasteiger partial charge in [0.1, 0.15) is 12.4 Å². The van der Waals surface area contributed by atoms with Gasteiger partial charge in [-0.3, -0.25) is 4.79 Å². The van der Waals surface area contributed by atoms with Crippen molar-refractivity contribution in [3.05, 3.63) is 58.6 Å². The highest BCUT2D eigenvalue weighted by molar-refractivity contribution is 6.32. The van der Waals surface area contributed by atoms with E-state index in [0.717, 1.165) is 0 Å². The number of phenols is 1. The minimum atomic E-state index is -0.157. The van der Waals surface area contributed by atoms with Crippen LogP contribution in [0, 0.1) is 0 Å². The Morgan fingerprint density at radius 3 is 2.54 bits per heavy atom. The summed E-state index contributed by atoms with van der Waals surface area (Å²) in [5, 5.41) is 10.0. The molecule has 26 heavy (non-hydrogen) atoms. The molecule has 6 heteroatoms. The minimum Gasteiger partial charge on any atom is -0.503 e. The van der Waals surface area contributed by atoms with Crippen molar-refractivity contribution in [1.29, 1.82) is 0 Å². The average Bonchev–Trinajstić information content (AvgIpc) is 2.64. The van der Waals surface area contributed by atoms with E-state index in [1.807, 2.05) is 6.92 Å². The van der Waals surface area contributed by atoms with Crippen LogP contribution in [-0.4, -0.2) is 37.8 Å². The Balaban J connectivity index is 2.07. The van der Waals surface area contributed by atoms with E-state index in [-0.39, 0.29) is 22.3 Å². The Hall–Kier alpha value is -2.50. The van der Waals surface area contributed by atoms with Crippen LogP contribution < -0.4 is 9.47 Å². The number of hydrogen-bond acceptors (Lipinski definition) is 5. The number of phenolic OH excluding ortho intramolecular Hbond substituents is 1. The molecular weight excluding hydrogens is 356 g/mol. The Kier molecular flexibility index (Phi) is 7.51. The topological polar surface area (TPSA) is 65.0 Å². The van der Waals surface area contributed by atoms with Crippen molar-refractivity contribution in [1.82, 2.24) is 0 Å². The van der Waals surface area contributed by atoms with Crippen molar-refractivity contribution in [3.63, 3.8) is 0 Å².